The summed E-state index contributed by atoms with van der Waals surface area (Å²) in [5.41, 5.74) is 1.38. The number of rotatable bonds is 8. The van der Waals surface area contributed by atoms with E-state index in [4.69, 9.17) is 0 Å². The fourth-order valence-corrected chi connectivity index (χ4v) is 5.72. The molecule has 1 aromatic carbocycles. The summed E-state index contributed by atoms with van der Waals surface area (Å²) in [5, 5.41) is 17.3. The minimum atomic E-state index is -0.332. The maximum atomic E-state index is 12.9. The lowest BCUT2D eigenvalue weighted by Gasteiger charge is -2.26. The standard InChI is InChI=1S/C24H29N5O2S2/c1-16(23(31)26-19-12-10-18(11-13-19)25-17(2)30)33-24-28-27-22(15-21-9-6-14-32-21)29(24)20-7-4-3-5-8-20/h6,9-14,16,20H,3-5,7-8,15H2,1-2H3,(H,25,30)(H,26,31). The largest absolute Gasteiger partial charge is 0.326 e. The number of nitrogens with one attached hydrogen (secondary N) is 2. The number of nitrogens with zero attached hydrogens (tertiary/aromatic N) is 3. The van der Waals surface area contributed by atoms with Crippen LogP contribution in [0.5, 0.6) is 0 Å². The first-order valence-electron chi connectivity index (χ1n) is 11.3. The summed E-state index contributed by atoms with van der Waals surface area (Å²) in [6.07, 6.45) is 6.74. The van der Waals surface area contributed by atoms with Crippen molar-refractivity contribution in [1.82, 2.24) is 14.8 Å². The molecule has 1 aliphatic rings. The molecule has 2 aromatic heterocycles. The molecule has 2 amide bonds. The van der Waals surface area contributed by atoms with Gasteiger partial charge in [0, 0.05) is 35.6 Å². The van der Waals surface area contributed by atoms with Crippen LogP contribution in [0.3, 0.4) is 0 Å². The molecule has 4 rings (SSSR count). The average molecular weight is 484 g/mol. The van der Waals surface area contributed by atoms with Crippen LogP contribution in [0, 0.1) is 0 Å². The number of carbonyl (C=O) groups excluding carboxylic acids is 2. The van der Waals surface area contributed by atoms with Crippen LogP contribution in [-0.2, 0) is 16.0 Å². The number of anilines is 2. The van der Waals surface area contributed by atoms with Gasteiger partial charge in [0.25, 0.3) is 0 Å². The Morgan fingerprint density at radius 2 is 1.79 bits per heavy atom. The Hall–Kier alpha value is -2.65. The number of amides is 2. The van der Waals surface area contributed by atoms with E-state index in [9.17, 15) is 9.59 Å². The number of hydrogen-bond donors (Lipinski definition) is 2. The van der Waals surface area contributed by atoms with Gasteiger partial charge in [0.1, 0.15) is 5.82 Å². The molecule has 1 saturated carbocycles. The van der Waals surface area contributed by atoms with Crippen molar-refractivity contribution in [3.63, 3.8) is 0 Å². The first kappa shape index (κ1) is 23.5. The maximum Gasteiger partial charge on any atom is 0.237 e. The number of thiophene rings is 1. The Labute approximate surface area is 202 Å². The SMILES string of the molecule is CC(=O)Nc1ccc(NC(=O)C(C)Sc2nnc(Cc3cccs3)n2C2CCCCC2)cc1. The van der Waals surface area contributed by atoms with Gasteiger partial charge in [-0.1, -0.05) is 37.1 Å². The smallest absolute Gasteiger partial charge is 0.237 e. The van der Waals surface area contributed by atoms with E-state index in [1.165, 1.54) is 42.8 Å². The van der Waals surface area contributed by atoms with Crippen LogP contribution in [0.15, 0.2) is 46.9 Å². The Balaban J connectivity index is 1.46. The van der Waals surface area contributed by atoms with E-state index >= 15 is 0 Å². The molecule has 2 N–H and O–H groups in total. The van der Waals surface area contributed by atoms with Crippen LogP contribution in [-0.4, -0.2) is 31.8 Å². The second-order valence-electron chi connectivity index (χ2n) is 8.32. The quantitative estimate of drug-likeness (QED) is 0.412. The molecular formula is C24H29N5O2S2. The van der Waals surface area contributed by atoms with Gasteiger partial charge in [0.15, 0.2) is 5.16 Å². The zero-order valence-electron chi connectivity index (χ0n) is 18.9. The summed E-state index contributed by atoms with van der Waals surface area (Å²) in [6.45, 7) is 3.36. The third-order valence-corrected chi connectivity index (χ3v) is 7.64. The molecule has 0 aliphatic heterocycles. The van der Waals surface area contributed by atoms with Crippen LogP contribution < -0.4 is 10.6 Å². The highest BCUT2D eigenvalue weighted by Gasteiger charge is 2.26. The number of benzene rings is 1. The molecule has 0 spiro atoms. The molecule has 1 atom stereocenters. The molecule has 0 radical (unpaired) electrons. The molecule has 33 heavy (non-hydrogen) atoms. The lowest BCUT2D eigenvalue weighted by molar-refractivity contribution is -0.115. The van der Waals surface area contributed by atoms with Crippen LogP contribution in [0.25, 0.3) is 0 Å². The predicted octanol–water partition coefficient (Wildman–Crippen LogP) is 5.51. The van der Waals surface area contributed by atoms with E-state index in [-0.39, 0.29) is 17.1 Å². The highest BCUT2D eigenvalue weighted by Crippen LogP contribution is 2.35. The van der Waals surface area contributed by atoms with E-state index in [1.807, 2.05) is 6.92 Å². The fourth-order valence-electron chi connectivity index (χ4n) is 4.08. The fraction of sp³-hybridized carbons (Fsp3) is 0.417. The Morgan fingerprint density at radius 1 is 1.09 bits per heavy atom. The summed E-state index contributed by atoms with van der Waals surface area (Å²) in [7, 11) is 0. The molecule has 1 unspecified atom stereocenters. The number of aromatic nitrogens is 3. The summed E-state index contributed by atoms with van der Waals surface area (Å²) < 4.78 is 2.29. The van der Waals surface area contributed by atoms with Crippen molar-refractivity contribution in [2.75, 3.05) is 10.6 Å². The third kappa shape index (κ3) is 6.23. The summed E-state index contributed by atoms with van der Waals surface area (Å²) in [5.74, 6) is 0.760. The molecule has 2 heterocycles. The Bertz CT molecular complexity index is 1070. The second kappa shape index (κ2) is 11.0. The van der Waals surface area contributed by atoms with Crippen molar-refractivity contribution in [3.05, 3.63) is 52.5 Å². The van der Waals surface area contributed by atoms with Crippen LogP contribution >= 0.6 is 23.1 Å². The van der Waals surface area contributed by atoms with Crippen molar-refractivity contribution < 1.29 is 9.59 Å². The summed E-state index contributed by atoms with van der Waals surface area (Å²) >= 11 is 3.19. The molecular weight excluding hydrogens is 454 g/mol. The van der Waals surface area contributed by atoms with Gasteiger partial charge >= 0.3 is 0 Å². The zero-order valence-corrected chi connectivity index (χ0v) is 20.5. The summed E-state index contributed by atoms with van der Waals surface area (Å²) in [4.78, 5) is 25.3. The molecule has 174 valence electrons. The van der Waals surface area contributed by atoms with E-state index < -0.39 is 0 Å². The van der Waals surface area contributed by atoms with Crippen molar-refractivity contribution in [3.8, 4) is 0 Å². The van der Waals surface area contributed by atoms with Gasteiger partial charge in [0.05, 0.1) is 5.25 Å². The number of thioether (sulfide) groups is 1. The molecule has 7 nitrogen and oxygen atoms in total. The highest BCUT2D eigenvalue weighted by molar-refractivity contribution is 8.00. The minimum Gasteiger partial charge on any atom is -0.326 e. The van der Waals surface area contributed by atoms with Gasteiger partial charge in [-0.25, -0.2) is 0 Å². The number of carbonyl (C=O) groups is 2. The van der Waals surface area contributed by atoms with Gasteiger partial charge in [0.2, 0.25) is 11.8 Å². The second-order valence-corrected chi connectivity index (χ2v) is 10.7. The van der Waals surface area contributed by atoms with E-state index in [0.717, 1.165) is 30.2 Å². The molecule has 3 aromatic rings. The molecule has 9 heteroatoms. The van der Waals surface area contributed by atoms with Crippen LogP contribution in [0.4, 0.5) is 11.4 Å². The van der Waals surface area contributed by atoms with Crippen molar-refractivity contribution >= 4 is 46.3 Å². The normalized spacial score (nSPS) is 15.2. The third-order valence-electron chi connectivity index (χ3n) is 5.71. The molecule has 0 saturated heterocycles. The Morgan fingerprint density at radius 3 is 2.42 bits per heavy atom. The van der Waals surface area contributed by atoms with E-state index in [2.05, 4.69) is 42.9 Å². The van der Waals surface area contributed by atoms with Gasteiger partial charge < -0.3 is 15.2 Å². The molecule has 1 aliphatic carbocycles. The maximum absolute atomic E-state index is 12.9. The van der Waals surface area contributed by atoms with Gasteiger partial charge in [-0.05, 0) is 55.5 Å². The lowest BCUT2D eigenvalue weighted by atomic mass is 9.95. The first-order valence-corrected chi connectivity index (χ1v) is 13.1. The highest BCUT2D eigenvalue weighted by atomic mass is 32.2. The van der Waals surface area contributed by atoms with Gasteiger partial charge in [-0.15, -0.1) is 21.5 Å². The summed E-state index contributed by atoms with van der Waals surface area (Å²) in [6, 6.07) is 11.7. The van der Waals surface area contributed by atoms with Crippen molar-refractivity contribution in [2.24, 2.45) is 0 Å². The topological polar surface area (TPSA) is 88.9 Å². The van der Waals surface area contributed by atoms with E-state index in [0.29, 0.717) is 17.4 Å². The molecule has 1 fully saturated rings. The van der Waals surface area contributed by atoms with Crippen LogP contribution in [0.2, 0.25) is 0 Å². The Kier molecular flexibility index (Phi) is 7.82. The number of hydrogen-bond acceptors (Lipinski definition) is 6. The predicted molar refractivity (Wildman–Crippen MR) is 134 cm³/mol. The average Bonchev–Trinajstić information content (AvgIpc) is 3.45. The van der Waals surface area contributed by atoms with Crippen molar-refractivity contribution in [1.29, 1.82) is 0 Å². The van der Waals surface area contributed by atoms with Gasteiger partial charge in [-0.2, -0.15) is 0 Å². The van der Waals surface area contributed by atoms with E-state index in [1.54, 1.807) is 35.6 Å². The first-order chi connectivity index (χ1) is 16.0. The monoisotopic (exact) mass is 483 g/mol. The molecule has 0 bridgehead atoms. The zero-order chi connectivity index (χ0) is 23.2. The van der Waals surface area contributed by atoms with Gasteiger partial charge in [-0.3, -0.25) is 9.59 Å². The minimum absolute atomic E-state index is 0.0923. The van der Waals surface area contributed by atoms with Crippen molar-refractivity contribution in [2.45, 2.75) is 68.8 Å². The lowest BCUT2D eigenvalue weighted by Crippen LogP contribution is -2.24. The van der Waals surface area contributed by atoms with Crippen LogP contribution in [0.1, 0.15) is 62.7 Å².